The van der Waals surface area contributed by atoms with Crippen molar-refractivity contribution in [1.29, 1.82) is 0 Å². The van der Waals surface area contributed by atoms with Gasteiger partial charge < -0.3 is 19.3 Å². The Kier molecular flexibility index (Phi) is 4.93. The summed E-state index contributed by atoms with van der Waals surface area (Å²) in [6.07, 6.45) is 7.63. The number of carbonyl (C=O) groups is 1. The molecular formula is C16H23N7O. The Morgan fingerprint density at radius 2 is 2.00 bits per heavy atom. The van der Waals surface area contributed by atoms with Crippen LogP contribution in [0.4, 0.5) is 11.8 Å². The Morgan fingerprint density at radius 3 is 2.67 bits per heavy atom. The van der Waals surface area contributed by atoms with Gasteiger partial charge in [-0.05, 0) is 6.07 Å². The number of amides is 1. The Morgan fingerprint density at radius 1 is 1.21 bits per heavy atom. The molecule has 3 heterocycles. The highest BCUT2D eigenvalue weighted by Crippen LogP contribution is 2.16. The van der Waals surface area contributed by atoms with Crippen molar-refractivity contribution in [2.24, 2.45) is 0 Å². The van der Waals surface area contributed by atoms with Gasteiger partial charge in [-0.1, -0.05) is 0 Å². The van der Waals surface area contributed by atoms with E-state index in [4.69, 9.17) is 0 Å². The molecule has 1 fully saturated rings. The maximum atomic E-state index is 12.3. The second-order valence-corrected chi connectivity index (χ2v) is 6.03. The molecule has 0 aromatic carbocycles. The van der Waals surface area contributed by atoms with Crippen molar-refractivity contribution in [3.05, 3.63) is 31.0 Å². The number of nitrogens with zero attached hydrogens (tertiary/aromatic N) is 7. The highest BCUT2D eigenvalue weighted by atomic mass is 16.2. The number of hydrogen-bond acceptors (Lipinski definition) is 6. The number of aryl methyl sites for hydroxylation is 1. The van der Waals surface area contributed by atoms with Crippen LogP contribution < -0.4 is 9.80 Å². The van der Waals surface area contributed by atoms with Crippen LogP contribution in [-0.4, -0.2) is 70.6 Å². The summed E-state index contributed by atoms with van der Waals surface area (Å²) in [5.74, 6) is 1.81. The SMILES string of the molecule is CN(C)c1nccc(N2CCN(C(=O)CCn3ccnc3)CC2)n1. The van der Waals surface area contributed by atoms with E-state index in [9.17, 15) is 4.79 Å². The van der Waals surface area contributed by atoms with E-state index in [0.29, 0.717) is 18.9 Å². The van der Waals surface area contributed by atoms with Gasteiger partial charge in [-0.3, -0.25) is 4.79 Å². The second-order valence-electron chi connectivity index (χ2n) is 6.03. The van der Waals surface area contributed by atoms with Gasteiger partial charge in [0.05, 0.1) is 6.33 Å². The third kappa shape index (κ3) is 3.81. The maximum Gasteiger partial charge on any atom is 0.226 e. The summed E-state index contributed by atoms with van der Waals surface area (Å²) in [5, 5.41) is 0. The summed E-state index contributed by atoms with van der Waals surface area (Å²) >= 11 is 0. The van der Waals surface area contributed by atoms with Crippen molar-refractivity contribution in [2.75, 3.05) is 50.1 Å². The summed E-state index contributed by atoms with van der Waals surface area (Å²) in [6, 6.07) is 1.92. The predicted octanol–water partition coefficient (Wildman–Crippen LogP) is 0.478. The van der Waals surface area contributed by atoms with E-state index in [-0.39, 0.29) is 5.91 Å². The molecule has 24 heavy (non-hydrogen) atoms. The smallest absolute Gasteiger partial charge is 0.226 e. The van der Waals surface area contributed by atoms with Crippen molar-refractivity contribution in [3.63, 3.8) is 0 Å². The molecule has 2 aromatic heterocycles. The molecule has 0 atom stereocenters. The largest absolute Gasteiger partial charge is 0.353 e. The normalized spacial score (nSPS) is 14.8. The van der Waals surface area contributed by atoms with Crippen LogP contribution in [0, 0.1) is 0 Å². The topological polar surface area (TPSA) is 70.4 Å². The number of aromatic nitrogens is 4. The molecule has 3 rings (SSSR count). The summed E-state index contributed by atoms with van der Waals surface area (Å²) in [5.41, 5.74) is 0. The van der Waals surface area contributed by atoms with Gasteiger partial charge in [-0.25, -0.2) is 9.97 Å². The minimum absolute atomic E-state index is 0.194. The molecule has 0 aliphatic carbocycles. The molecule has 1 saturated heterocycles. The molecule has 0 N–H and O–H groups in total. The Balaban J connectivity index is 1.52. The van der Waals surface area contributed by atoms with Gasteiger partial charge in [0.2, 0.25) is 11.9 Å². The molecule has 0 bridgehead atoms. The molecule has 128 valence electrons. The third-order valence-electron chi connectivity index (χ3n) is 4.13. The Labute approximate surface area is 141 Å². The Bertz CT molecular complexity index is 663. The van der Waals surface area contributed by atoms with E-state index in [1.807, 2.05) is 40.7 Å². The lowest BCUT2D eigenvalue weighted by Gasteiger charge is -2.35. The van der Waals surface area contributed by atoms with Crippen molar-refractivity contribution >= 4 is 17.7 Å². The van der Waals surface area contributed by atoms with Gasteiger partial charge in [0, 0.05) is 71.8 Å². The summed E-state index contributed by atoms with van der Waals surface area (Å²) in [6.45, 7) is 3.71. The van der Waals surface area contributed by atoms with Crippen LogP contribution in [0.2, 0.25) is 0 Å². The first kappa shape index (κ1) is 16.2. The number of anilines is 2. The fourth-order valence-electron chi connectivity index (χ4n) is 2.72. The fourth-order valence-corrected chi connectivity index (χ4v) is 2.72. The lowest BCUT2D eigenvalue weighted by atomic mass is 10.2. The molecule has 1 amide bonds. The lowest BCUT2D eigenvalue weighted by Crippen LogP contribution is -2.49. The van der Waals surface area contributed by atoms with Crippen molar-refractivity contribution in [3.8, 4) is 0 Å². The lowest BCUT2D eigenvalue weighted by molar-refractivity contribution is -0.131. The van der Waals surface area contributed by atoms with Crippen molar-refractivity contribution in [2.45, 2.75) is 13.0 Å². The van der Waals surface area contributed by atoms with Crippen molar-refractivity contribution in [1.82, 2.24) is 24.4 Å². The number of carbonyl (C=O) groups excluding carboxylic acids is 1. The zero-order valence-electron chi connectivity index (χ0n) is 14.2. The maximum absolute atomic E-state index is 12.3. The predicted molar refractivity (Wildman–Crippen MR) is 92.0 cm³/mol. The second kappa shape index (κ2) is 7.29. The average molecular weight is 329 g/mol. The minimum atomic E-state index is 0.194. The van der Waals surface area contributed by atoms with Gasteiger partial charge in [0.15, 0.2) is 0 Å². The summed E-state index contributed by atoms with van der Waals surface area (Å²) in [4.78, 5) is 31.1. The van der Waals surface area contributed by atoms with Crippen LogP contribution in [-0.2, 0) is 11.3 Å². The monoisotopic (exact) mass is 329 g/mol. The number of piperazine rings is 1. The van der Waals surface area contributed by atoms with Crippen molar-refractivity contribution < 1.29 is 4.79 Å². The van der Waals surface area contributed by atoms with E-state index in [2.05, 4.69) is 19.9 Å². The standard InChI is InChI=1S/C16H23N7O/c1-20(2)16-18-5-3-14(19-16)22-9-11-23(12-10-22)15(24)4-7-21-8-6-17-13-21/h3,5-6,8,13H,4,7,9-12H2,1-2H3. The summed E-state index contributed by atoms with van der Waals surface area (Å²) < 4.78 is 1.93. The third-order valence-corrected chi connectivity index (χ3v) is 4.13. The number of imidazole rings is 1. The molecule has 8 heteroatoms. The molecule has 8 nitrogen and oxygen atoms in total. The van der Waals surface area contributed by atoms with Gasteiger partial charge in [-0.2, -0.15) is 4.98 Å². The van der Waals surface area contributed by atoms with E-state index < -0.39 is 0 Å². The first-order valence-electron chi connectivity index (χ1n) is 8.12. The van der Waals surface area contributed by atoms with Gasteiger partial charge in [0.1, 0.15) is 5.82 Å². The van der Waals surface area contributed by atoms with Crippen LogP contribution in [0.1, 0.15) is 6.42 Å². The van der Waals surface area contributed by atoms with Crippen LogP contribution in [0.5, 0.6) is 0 Å². The minimum Gasteiger partial charge on any atom is -0.353 e. The zero-order valence-corrected chi connectivity index (χ0v) is 14.2. The number of hydrogen-bond donors (Lipinski definition) is 0. The van der Waals surface area contributed by atoms with Crippen LogP contribution in [0.3, 0.4) is 0 Å². The molecular weight excluding hydrogens is 306 g/mol. The highest BCUT2D eigenvalue weighted by Gasteiger charge is 2.22. The van der Waals surface area contributed by atoms with Gasteiger partial charge >= 0.3 is 0 Å². The van der Waals surface area contributed by atoms with Gasteiger partial charge in [-0.15, -0.1) is 0 Å². The molecule has 1 aliphatic heterocycles. The highest BCUT2D eigenvalue weighted by molar-refractivity contribution is 5.76. The molecule has 2 aromatic rings. The van der Waals surface area contributed by atoms with Crippen LogP contribution in [0.15, 0.2) is 31.0 Å². The fraction of sp³-hybridized carbons (Fsp3) is 0.500. The van der Waals surface area contributed by atoms with E-state index >= 15 is 0 Å². The van der Waals surface area contributed by atoms with Gasteiger partial charge in [0.25, 0.3) is 0 Å². The first-order valence-corrected chi connectivity index (χ1v) is 8.12. The molecule has 0 radical (unpaired) electrons. The average Bonchev–Trinajstić information content (AvgIpc) is 3.13. The van der Waals surface area contributed by atoms with Crippen LogP contribution in [0.25, 0.3) is 0 Å². The molecule has 1 aliphatic rings. The zero-order chi connectivity index (χ0) is 16.9. The summed E-state index contributed by atoms with van der Waals surface area (Å²) in [7, 11) is 3.85. The van der Waals surface area contributed by atoms with Crippen LogP contribution >= 0.6 is 0 Å². The number of rotatable bonds is 5. The quantitative estimate of drug-likeness (QED) is 0.794. The first-order chi connectivity index (χ1) is 11.6. The molecule has 0 saturated carbocycles. The van der Waals surface area contributed by atoms with E-state index in [0.717, 1.165) is 32.0 Å². The molecule has 0 unspecified atom stereocenters. The van der Waals surface area contributed by atoms with E-state index in [1.54, 1.807) is 18.7 Å². The molecule has 0 spiro atoms. The Hall–Kier alpha value is -2.64. The van der Waals surface area contributed by atoms with E-state index in [1.165, 1.54) is 0 Å².